The van der Waals surface area contributed by atoms with Gasteiger partial charge in [0, 0.05) is 18.1 Å². The molecule has 0 aliphatic heterocycles. The number of hydrogen-bond acceptors (Lipinski definition) is 3. The average Bonchev–Trinajstić information content (AvgIpc) is 2.54. The van der Waals surface area contributed by atoms with Gasteiger partial charge in [0.25, 0.3) is 0 Å². The maximum absolute atomic E-state index is 12.5. The molecule has 2 N–H and O–H groups in total. The minimum absolute atomic E-state index is 0.0111. The summed E-state index contributed by atoms with van der Waals surface area (Å²) >= 11 is 0. The van der Waals surface area contributed by atoms with Gasteiger partial charge < -0.3 is 10.6 Å². The summed E-state index contributed by atoms with van der Waals surface area (Å²) in [6.07, 6.45) is 11.0. The molecule has 0 spiro atoms. The summed E-state index contributed by atoms with van der Waals surface area (Å²) in [7, 11) is 4.17. The van der Waals surface area contributed by atoms with Gasteiger partial charge in [-0.25, -0.2) is 0 Å². The maximum atomic E-state index is 12.5. The highest BCUT2D eigenvalue weighted by Gasteiger charge is 2.29. The number of likely N-dealkylation sites (N-methyl/N-ethyl adjacent to an activating group) is 1. The van der Waals surface area contributed by atoms with Crippen LogP contribution in [0.5, 0.6) is 0 Å². The molecule has 4 heteroatoms. The van der Waals surface area contributed by atoms with Crippen LogP contribution in [0.25, 0.3) is 0 Å². The first-order valence-corrected chi connectivity index (χ1v) is 8.81. The zero-order valence-electron chi connectivity index (χ0n) is 14.0. The summed E-state index contributed by atoms with van der Waals surface area (Å²) in [5.41, 5.74) is 0. The Balaban J connectivity index is 1.78. The van der Waals surface area contributed by atoms with Crippen molar-refractivity contribution in [1.29, 1.82) is 0 Å². The van der Waals surface area contributed by atoms with Gasteiger partial charge in [-0.3, -0.25) is 9.69 Å². The van der Waals surface area contributed by atoms with Crippen LogP contribution in [-0.4, -0.2) is 49.1 Å². The van der Waals surface area contributed by atoms with Crippen molar-refractivity contribution in [2.75, 3.05) is 14.1 Å². The number of hydrogen-bond donors (Lipinski definition) is 2. The Labute approximate surface area is 130 Å². The van der Waals surface area contributed by atoms with Gasteiger partial charge in [0.1, 0.15) is 0 Å². The Hall–Kier alpha value is -0.610. The van der Waals surface area contributed by atoms with E-state index in [0.29, 0.717) is 18.1 Å². The Kier molecular flexibility index (Phi) is 6.49. The largest absolute Gasteiger partial charge is 0.352 e. The van der Waals surface area contributed by atoms with E-state index in [0.717, 1.165) is 12.8 Å². The topological polar surface area (TPSA) is 44.4 Å². The molecule has 0 aromatic heterocycles. The fourth-order valence-electron chi connectivity index (χ4n) is 3.84. The standard InChI is InChI=1S/C17H33N3O/c1-13(17(21)19-15-7-5-4-6-8-15)20(3)16-11-9-14(18-2)10-12-16/h13-16,18H,4-12H2,1-3H3,(H,19,21). The van der Waals surface area contributed by atoms with Crippen molar-refractivity contribution in [3.05, 3.63) is 0 Å². The monoisotopic (exact) mass is 295 g/mol. The van der Waals surface area contributed by atoms with Crippen LogP contribution in [0.1, 0.15) is 64.7 Å². The second-order valence-electron chi connectivity index (χ2n) is 6.98. The molecule has 1 atom stereocenters. The molecule has 2 fully saturated rings. The molecule has 0 radical (unpaired) electrons. The van der Waals surface area contributed by atoms with Gasteiger partial charge in [-0.05, 0) is 59.5 Å². The lowest BCUT2D eigenvalue weighted by molar-refractivity contribution is -0.127. The Bertz CT molecular complexity index is 320. The molecule has 122 valence electrons. The van der Waals surface area contributed by atoms with Crippen LogP contribution < -0.4 is 10.6 Å². The van der Waals surface area contributed by atoms with E-state index in [4.69, 9.17) is 0 Å². The van der Waals surface area contributed by atoms with Gasteiger partial charge in [-0.1, -0.05) is 19.3 Å². The molecule has 0 saturated heterocycles. The first-order chi connectivity index (χ1) is 10.1. The number of rotatable bonds is 5. The molecule has 1 unspecified atom stereocenters. The van der Waals surface area contributed by atoms with Crippen LogP contribution in [0.3, 0.4) is 0 Å². The maximum Gasteiger partial charge on any atom is 0.237 e. The van der Waals surface area contributed by atoms with Crippen molar-refractivity contribution in [3.63, 3.8) is 0 Å². The lowest BCUT2D eigenvalue weighted by atomic mass is 9.89. The molecule has 0 heterocycles. The number of nitrogens with one attached hydrogen (secondary N) is 2. The first kappa shape index (κ1) is 16.8. The smallest absolute Gasteiger partial charge is 0.237 e. The van der Waals surface area contributed by atoms with E-state index in [1.807, 2.05) is 0 Å². The van der Waals surface area contributed by atoms with Crippen LogP contribution in [-0.2, 0) is 4.79 Å². The third-order valence-corrected chi connectivity index (χ3v) is 5.62. The zero-order chi connectivity index (χ0) is 15.2. The third-order valence-electron chi connectivity index (χ3n) is 5.62. The molecule has 0 aromatic carbocycles. The predicted molar refractivity (Wildman–Crippen MR) is 87.3 cm³/mol. The molecular formula is C17H33N3O. The Morgan fingerprint density at radius 2 is 1.62 bits per heavy atom. The molecule has 0 aromatic rings. The van der Waals surface area contributed by atoms with Crippen molar-refractivity contribution >= 4 is 5.91 Å². The zero-order valence-corrected chi connectivity index (χ0v) is 14.0. The van der Waals surface area contributed by atoms with Crippen molar-refractivity contribution in [3.8, 4) is 0 Å². The van der Waals surface area contributed by atoms with Crippen molar-refractivity contribution in [2.24, 2.45) is 0 Å². The van der Waals surface area contributed by atoms with E-state index in [-0.39, 0.29) is 11.9 Å². The molecule has 1 amide bonds. The van der Waals surface area contributed by atoms with E-state index in [9.17, 15) is 4.79 Å². The van der Waals surface area contributed by atoms with Crippen LogP contribution >= 0.6 is 0 Å². The molecular weight excluding hydrogens is 262 g/mol. The normalized spacial score (nSPS) is 29.3. The Morgan fingerprint density at radius 1 is 1.00 bits per heavy atom. The van der Waals surface area contributed by atoms with E-state index >= 15 is 0 Å². The summed E-state index contributed by atoms with van der Waals surface area (Å²) in [6.45, 7) is 2.06. The van der Waals surface area contributed by atoms with Crippen molar-refractivity contribution in [2.45, 2.75) is 88.9 Å². The molecule has 2 rings (SSSR count). The second-order valence-corrected chi connectivity index (χ2v) is 6.98. The summed E-state index contributed by atoms with van der Waals surface area (Å²) in [5, 5.41) is 6.64. The number of carbonyl (C=O) groups is 1. The van der Waals surface area contributed by atoms with Gasteiger partial charge in [-0.2, -0.15) is 0 Å². The molecule has 2 saturated carbocycles. The fourth-order valence-corrected chi connectivity index (χ4v) is 3.84. The molecule has 2 aliphatic rings. The summed E-state index contributed by atoms with van der Waals surface area (Å²) in [4.78, 5) is 14.7. The van der Waals surface area contributed by atoms with Gasteiger partial charge in [0.2, 0.25) is 5.91 Å². The van der Waals surface area contributed by atoms with Crippen LogP contribution in [0.4, 0.5) is 0 Å². The van der Waals surface area contributed by atoms with E-state index < -0.39 is 0 Å². The summed E-state index contributed by atoms with van der Waals surface area (Å²) < 4.78 is 0. The molecule has 4 nitrogen and oxygen atoms in total. The quantitative estimate of drug-likeness (QED) is 0.818. The Morgan fingerprint density at radius 3 is 2.19 bits per heavy atom. The highest BCUT2D eigenvalue weighted by molar-refractivity contribution is 5.81. The SMILES string of the molecule is CNC1CCC(N(C)C(C)C(=O)NC2CCCCC2)CC1. The van der Waals surface area contributed by atoms with E-state index in [1.165, 1.54) is 44.9 Å². The van der Waals surface area contributed by atoms with Gasteiger partial charge >= 0.3 is 0 Å². The molecule has 2 aliphatic carbocycles. The summed E-state index contributed by atoms with van der Waals surface area (Å²) in [5.74, 6) is 0.222. The minimum Gasteiger partial charge on any atom is -0.352 e. The highest BCUT2D eigenvalue weighted by Crippen LogP contribution is 2.24. The lowest BCUT2D eigenvalue weighted by Gasteiger charge is -2.37. The van der Waals surface area contributed by atoms with E-state index in [1.54, 1.807) is 0 Å². The number of amides is 1. The van der Waals surface area contributed by atoms with Crippen LogP contribution in [0.15, 0.2) is 0 Å². The van der Waals surface area contributed by atoms with Crippen LogP contribution in [0.2, 0.25) is 0 Å². The summed E-state index contributed by atoms with van der Waals surface area (Å²) in [6, 6.07) is 1.63. The lowest BCUT2D eigenvalue weighted by Crippen LogP contribution is -2.51. The molecule has 21 heavy (non-hydrogen) atoms. The first-order valence-electron chi connectivity index (χ1n) is 8.81. The minimum atomic E-state index is -0.0111. The van der Waals surface area contributed by atoms with Gasteiger partial charge in [0.05, 0.1) is 6.04 Å². The average molecular weight is 295 g/mol. The fraction of sp³-hybridized carbons (Fsp3) is 0.941. The molecule has 0 bridgehead atoms. The van der Waals surface area contributed by atoms with Crippen molar-refractivity contribution in [1.82, 2.24) is 15.5 Å². The van der Waals surface area contributed by atoms with Gasteiger partial charge in [0.15, 0.2) is 0 Å². The van der Waals surface area contributed by atoms with E-state index in [2.05, 4.69) is 36.6 Å². The second kappa shape index (κ2) is 8.14. The van der Waals surface area contributed by atoms with Gasteiger partial charge in [-0.15, -0.1) is 0 Å². The van der Waals surface area contributed by atoms with Crippen molar-refractivity contribution < 1.29 is 4.79 Å². The third kappa shape index (κ3) is 4.68. The van der Waals surface area contributed by atoms with Crippen LogP contribution in [0, 0.1) is 0 Å². The highest BCUT2D eigenvalue weighted by atomic mass is 16.2. The number of carbonyl (C=O) groups excluding carboxylic acids is 1. The number of nitrogens with zero attached hydrogens (tertiary/aromatic N) is 1. The predicted octanol–water partition coefficient (Wildman–Crippen LogP) is 2.29.